The maximum atomic E-state index is 12.3. The first-order valence-electron chi connectivity index (χ1n) is 9.53. The zero-order chi connectivity index (χ0) is 19.1. The van der Waals surface area contributed by atoms with Crippen molar-refractivity contribution >= 4 is 11.9 Å². The molecule has 1 aliphatic rings. The van der Waals surface area contributed by atoms with Gasteiger partial charge in [0.1, 0.15) is 6.54 Å². The van der Waals surface area contributed by atoms with Crippen LogP contribution in [0.1, 0.15) is 51.1 Å². The Morgan fingerprint density at radius 2 is 1.48 bits per heavy atom. The van der Waals surface area contributed by atoms with Gasteiger partial charge in [-0.05, 0) is 49.1 Å². The second-order valence-electron chi connectivity index (χ2n) is 7.06. The van der Waals surface area contributed by atoms with Gasteiger partial charge in [-0.2, -0.15) is 0 Å². The molecule has 1 aliphatic heterocycles. The van der Waals surface area contributed by atoms with Crippen molar-refractivity contribution in [2.24, 2.45) is 0 Å². The second kappa shape index (κ2) is 9.33. The minimum absolute atomic E-state index is 0.159. The summed E-state index contributed by atoms with van der Waals surface area (Å²) in [6.45, 7) is 4.10. The van der Waals surface area contributed by atoms with Gasteiger partial charge >= 0.3 is 5.97 Å². The van der Waals surface area contributed by atoms with E-state index < -0.39 is 5.97 Å². The third-order valence-corrected chi connectivity index (χ3v) is 5.06. The first-order valence-corrected chi connectivity index (χ1v) is 9.53. The zero-order valence-corrected chi connectivity index (χ0v) is 15.8. The van der Waals surface area contributed by atoms with Gasteiger partial charge in [-0.3, -0.25) is 4.79 Å². The van der Waals surface area contributed by atoms with Crippen LogP contribution in [0.15, 0.2) is 48.5 Å². The molecule has 2 aromatic rings. The van der Waals surface area contributed by atoms with E-state index in [0.717, 1.165) is 12.1 Å². The standard InChI is InChI=1S/C22H26N2O3/c1-27-22(26)20-11-9-19(10-12-20)21(25)23-15-17-5-7-18(8-6-17)16-24-13-3-2-4-14-24/h5-12H,2-4,13-16H2,1H3,(H,23,25)/p+1. The van der Waals surface area contributed by atoms with Crippen LogP contribution in [-0.4, -0.2) is 32.1 Å². The third kappa shape index (κ3) is 5.41. The minimum atomic E-state index is -0.409. The van der Waals surface area contributed by atoms with Crippen LogP contribution >= 0.6 is 0 Å². The van der Waals surface area contributed by atoms with Crippen LogP contribution in [0.3, 0.4) is 0 Å². The number of esters is 1. The van der Waals surface area contributed by atoms with E-state index in [1.165, 1.54) is 45.0 Å². The van der Waals surface area contributed by atoms with Crippen LogP contribution in [-0.2, 0) is 17.8 Å². The molecule has 0 unspecified atom stereocenters. The first-order chi connectivity index (χ1) is 13.2. The molecule has 1 saturated heterocycles. The van der Waals surface area contributed by atoms with Gasteiger partial charge in [0, 0.05) is 17.7 Å². The van der Waals surface area contributed by atoms with Gasteiger partial charge in [0.15, 0.2) is 0 Å². The lowest BCUT2D eigenvalue weighted by atomic mass is 10.1. The number of methoxy groups -OCH3 is 1. The molecular weight excluding hydrogens is 340 g/mol. The summed E-state index contributed by atoms with van der Waals surface area (Å²) in [5.74, 6) is -0.568. The molecule has 27 heavy (non-hydrogen) atoms. The largest absolute Gasteiger partial charge is 0.465 e. The highest BCUT2D eigenvalue weighted by molar-refractivity contribution is 5.96. The van der Waals surface area contributed by atoms with Crippen LogP contribution in [0.2, 0.25) is 0 Å². The molecule has 2 N–H and O–H groups in total. The molecule has 3 rings (SSSR count). The molecule has 1 amide bonds. The molecule has 0 bridgehead atoms. The molecule has 1 fully saturated rings. The Morgan fingerprint density at radius 1 is 0.889 bits per heavy atom. The van der Waals surface area contributed by atoms with E-state index in [1.807, 2.05) is 0 Å². The highest BCUT2D eigenvalue weighted by Gasteiger charge is 2.14. The van der Waals surface area contributed by atoms with Crippen LogP contribution in [0.4, 0.5) is 0 Å². The summed E-state index contributed by atoms with van der Waals surface area (Å²) in [5.41, 5.74) is 3.38. The van der Waals surface area contributed by atoms with Crippen LogP contribution in [0.25, 0.3) is 0 Å². The van der Waals surface area contributed by atoms with Crippen molar-refractivity contribution in [1.29, 1.82) is 0 Å². The van der Waals surface area contributed by atoms with E-state index in [9.17, 15) is 9.59 Å². The number of hydrogen-bond acceptors (Lipinski definition) is 3. The number of amides is 1. The summed E-state index contributed by atoms with van der Waals surface area (Å²) in [6, 6.07) is 14.9. The number of carbonyl (C=O) groups excluding carboxylic acids is 2. The van der Waals surface area contributed by atoms with E-state index in [4.69, 9.17) is 0 Å². The normalized spacial score (nSPS) is 14.6. The van der Waals surface area contributed by atoms with Gasteiger partial charge in [-0.15, -0.1) is 0 Å². The topological polar surface area (TPSA) is 59.8 Å². The Hall–Kier alpha value is -2.66. The molecule has 142 valence electrons. The average molecular weight is 367 g/mol. The molecule has 5 heteroatoms. The van der Waals surface area contributed by atoms with E-state index >= 15 is 0 Å². The summed E-state index contributed by atoms with van der Waals surface area (Å²) in [4.78, 5) is 25.4. The average Bonchev–Trinajstić information content (AvgIpc) is 2.73. The number of nitrogens with one attached hydrogen (secondary N) is 2. The van der Waals surface area contributed by atoms with E-state index in [1.54, 1.807) is 29.2 Å². The van der Waals surface area contributed by atoms with Gasteiger partial charge in [0.25, 0.3) is 5.91 Å². The van der Waals surface area contributed by atoms with E-state index in [2.05, 4.69) is 34.3 Å². The van der Waals surface area contributed by atoms with Gasteiger partial charge < -0.3 is 15.0 Å². The van der Waals surface area contributed by atoms with Gasteiger partial charge in [0.05, 0.1) is 25.8 Å². The number of carbonyl (C=O) groups is 2. The molecule has 2 aromatic carbocycles. The lowest BCUT2D eigenvalue weighted by Gasteiger charge is -2.23. The van der Waals surface area contributed by atoms with Crippen molar-refractivity contribution in [2.75, 3.05) is 20.2 Å². The molecule has 0 saturated carbocycles. The number of hydrogen-bond donors (Lipinski definition) is 2. The highest BCUT2D eigenvalue weighted by Crippen LogP contribution is 2.08. The van der Waals surface area contributed by atoms with Crippen molar-refractivity contribution in [3.63, 3.8) is 0 Å². The Morgan fingerprint density at radius 3 is 2.11 bits per heavy atom. The molecule has 0 radical (unpaired) electrons. The predicted octanol–water partition coefficient (Wildman–Crippen LogP) is 1.97. The Kier molecular flexibility index (Phi) is 6.60. The lowest BCUT2D eigenvalue weighted by molar-refractivity contribution is -0.918. The molecular formula is C22H27N2O3+. The molecule has 0 aromatic heterocycles. The van der Waals surface area contributed by atoms with Gasteiger partial charge in [0.2, 0.25) is 0 Å². The number of piperidine rings is 1. The minimum Gasteiger partial charge on any atom is -0.465 e. The smallest absolute Gasteiger partial charge is 0.337 e. The van der Waals surface area contributed by atoms with Crippen molar-refractivity contribution in [3.05, 3.63) is 70.8 Å². The van der Waals surface area contributed by atoms with Crippen LogP contribution in [0.5, 0.6) is 0 Å². The van der Waals surface area contributed by atoms with E-state index in [-0.39, 0.29) is 5.91 Å². The zero-order valence-electron chi connectivity index (χ0n) is 15.8. The monoisotopic (exact) mass is 367 g/mol. The van der Waals surface area contributed by atoms with Crippen molar-refractivity contribution in [1.82, 2.24) is 5.32 Å². The fraction of sp³-hybridized carbons (Fsp3) is 0.364. The van der Waals surface area contributed by atoms with Gasteiger partial charge in [-0.1, -0.05) is 24.3 Å². The van der Waals surface area contributed by atoms with Crippen molar-refractivity contribution in [3.8, 4) is 0 Å². The summed E-state index contributed by atoms with van der Waals surface area (Å²) >= 11 is 0. The summed E-state index contributed by atoms with van der Waals surface area (Å²) in [5, 5.41) is 2.92. The molecule has 1 heterocycles. The summed E-state index contributed by atoms with van der Waals surface area (Å²) < 4.78 is 4.66. The van der Waals surface area contributed by atoms with Crippen molar-refractivity contribution < 1.29 is 19.2 Å². The highest BCUT2D eigenvalue weighted by atomic mass is 16.5. The summed E-state index contributed by atoms with van der Waals surface area (Å²) in [6.07, 6.45) is 4.04. The van der Waals surface area contributed by atoms with E-state index in [0.29, 0.717) is 17.7 Å². The Labute approximate surface area is 160 Å². The van der Waals surface area contributed by atoms with Crippen LogP contribution in [0, 0.1) is 0 Å². The van der Waals surface area contributed by atoms with Crippen LogP contribution < -0.4 is 10.2 Å². The number of ether oxygens (including phenoxy) is 1. The number of benzene rings is 2. The Bertz CT molecular complexity index is 763. The number of quaternary nitrogens is 1. The first kappa shape index (κ1) is 19.1. The maximum Gasteiger partial charge on any atom is 0.337 e. The SMILES string of the molecule is COC(=O)c1ccc(C(=O)NCc2ccc(C[NH+]3CCCCC3)cc2)cc1. The second-order valence-corrected chi connectivity index (χ2v) is 7.06. The number of likely N-dealkylation sites (tertiary alicyclic amines) is 1. The fourth-order valence-electron chi connectivity index (χ4n) is 3.45. The Balaban J connectivity index is 1.50. The summed E-state index contributed by atoms with van der Waals surface area (Å²) in [7, 11) is 1.34. The van der Waals surface area contributed by atoms with Gasteiger partial charge in [-0.25, -0.2) is 4.79 Å². The molecule has 5 nitrogen and oxygen atoms in total. The molecule has 0 atom stereocenters. The quantitative estimate of drug-likeness (QED) is 0.768. The lowest BCUT2D eigenvalue weighted by Crippen LogP contribution is -3.11. The maximum absolute atomic E-state index is 12.3. The third-order valence-electron chi connectivity index (χ3n) is 5.06. The predicted molar refractivity (Wildman–Crippen MR) is 104 cm³/mol. The molecule has 0 aliphatic carbocycles. The molecule has 0 spiro atoms. The fourth-order valence-corrected chi connectivity index (χ4v) is 3.45. The number of rotatable bonds is 6. The van der Waals surface area contributed by atoms with Crippen molar-refractivity contribution in [2.45, 2.75) is 32.4 Å².